The molecule has 1 N–H and O–H groups in total. The average molecular weight is 468 g/mol. The molecule has 32 heavy (non-hydrogen) atoms. The number of carbonyl (C=O) groups is 2. The van der Waals surface area contributed by atoms with E-state index in [9.17, 15) is 14.9 Å². The Morgan fingerprint density at radius 1 is 1.31 bits per heavy atom. The van der Waals surface area contributed by atoms with Gasteiger partial charge in [-0.25, -0.2) is 0 Å². The molecule has 3 rings (SSSR count). The molecular formula is C23H18ClN3O4S. The van der Waals surface area contributed by atoms with Gasteiger partial charge in [0.25, 0.3) is 11.8 Å². The Bertz CT molecular complexity index is 1190. The quantitative estimate of drug-likeness (QED) is 0.289. The van der Waals surface area contributed by atoms with Crippen LogP contribution in [0, 0.1) is 11.3 Å². The van der Waals surface area contributed by atoms with Crippen molar-refractivity contribution in [2.45, 2.75) is 6.61 Å². The Morgan fingerprint density at radius 3 is 2.75 bits per heavy atom. The highest BCUT2D eigenvalue weighted by molar-refractivity contribution is 7.80. The van der Waals surface area contributed by atoms with E-state index in [0.717, 1.165) is 0 Å². The van der Waals surface area contributed by atoms with Crippen LogP contribution >= 0.6 is 23.8 Å². The second-order valence-electron chi connectivity index (χ2n) is 6.61. The lowest BCUT2D eigenvalue weighted by atomic mass is 10.1. The molecule has 0 aliphatic carbocycles. The molecule has 7 nitrogen and oxygen atoms in total. The Morgan fingerprint density at radius 2 is 2.06 bits per heavy atom. The number of hydrogen-bond donors (Lipinski definition) is 1. The number of carbonyl (C=O) groups excluding carboxylic acids is 2. The third-order valence-corrected chi connectivity index (χ3v) is 5.17. The van der Waals surface area contributed by atoms with Crippen LogP contribution in [0.15, 0.2) is 54.6 Å². The van der Waals surface area contributed by atoms with Gasteiger partial charge in [0.15, 0.2) is 16.6 Å². The zero-order valence-corrected chi connectivity index (χ0v) is 18.6. The lowest BCUT2D eigenvalue weighted by molar-refractivity contribution is -0.128. The molecule has 0 atom stereocenters. The molecule has 2 aromatic rings. The number of methoxy groups -OCH3 is 1. The van der Waals surface area contributed by atoms with Crippen molar-refractivity contribution in [2.24, 2.45) is 0 Å². The second kappa shape index (κ2) is 10.1. The first-order valence-electron chi connectivity index (χ1n) is 9.37. The third-order valence-electron chi connectivity index (χ3n) is 4.57. The number of nitriles is 1. The summed E-state index contributed by atoms with van der Waals surface area (Å²) in [6.07, 6.45) is 2.91. The second-order valence-corrected chi connectivity index (χ2v) is 7.41. The maximum atomic E-state index is 12.7. The summed E-state index contributed by atoms with van der Waals surface area (Å²) in [6, 6.07) is 12.3. The van der Waals surface area contributed by atoms with Gasteiger partial charge in [0.1, 0.15) is 12.2 Å². The van der Waals surface area contributed by atoms with Crippen molar-refractivity contribution < 1.29 is 19.1 Å². The predicted octanol–water partition coefficient (Wildman–Crippen LogP) is 3.61. The van der Waals surface area contributed by atoms with E-state index in [-0.39, 0.29) is 34.6 Å². The molecule has 1 heterocycles. The summed E-state index contributed by atoms with van der Waals surface area (Å²) in [7, 11) is 1.45. The summed E-state index contributed by atoms with van der Waals surface area (Å²) >= 11 is 11.5. The third kappa shape index (κ3) is 4.80. The van der Waals surface area contributed by atoms with E-state index in [1.807, 2.05) is 0 Å². The smallest absolute Gasteiger partial charge is 0.265 e. The molecule has 0 radical (unpaired) electrons. The van der Waals surface area contributed by atoms with Gasteiger partial charge in [-0.3, -0.25) is 19.8 Å². The van der Waals surface area contributed by atoms with Gasteiger partial charge < -0.3 is 9.47 Å². The monoisotopic (exact) mass is 467 g/mol. The number of benzene rings is 2. The summed E-state index contributed by atoms with van der Waals surface area (Å²) in [5.41, 5.74) is 1.55. The van der Waals surface area contributed by atoms with Gasteiger partial charge in [-0.1, -0.05) is 35.9 Å². The van der Waals surface area contributed by atoms with Gasteiger partial charge in [0, 0.05) is 12.1 Å². The number of halogens is 1. The van der Waals surface area contributed by atoms with Crippen LogP contribution in [0.3, 0.4) is 0 Å². The van der Waals surface area contributed by atoms with E-state index in [2.05, 4.69) is 18.0 Å². The van der Waals surface area contributed by atoms with Crippen LogP contribution in [-0.4, -0.2) is 35.5 Å². The Hall–Kier alpha value is -3.67. The number of nitrogens with zero attached hydrogens (tertiary/aromatic N) is 2. The maximum Gasteiger partial charge on any atom is 0.265 e. The van der Waals surface area contributed by atoms with Crippen molar-refractivity contribution in [1.82, 2.24) is 10.2 Å². The Kier molecular flexibility index (Phi) is 7.25. The van der Waals surface area contributed by atoms with Crippen molar-refractivity contribution in [2.75, 3.05) is 13.7 Å². The first-order chi connectivity index (χ1) is 15.4. The van der Waals surface area contributed by atoms with Crippen molar-refractivity contribution in [3.05, 3.63) is 76.3 Å². The fourth-order valence-electron chi connectivity index (χ4n) is 3.02. The van der Waals surface area contributed by atoms with Gasteiger partial charge >= 0.3 is 0 Å². The molecule has 0 bridgehead atoms. The summed E-state index contributed by atoms with van der Waals surface area (Å²) < 4.78 is 11.2. The van der Waals surface area contributed by atoms with Crippen LogP contribution in [0.25, 0.3) is 6.08 Å². The SMILES string of the molecule is C=CCN1C(=O)/C(=C/c2cc(Cl)c(OCc3ccccc3C#N)c(OC)c2)C(=O)NC1=S. The summed E-state index contributed by atoms with van der Waals surface area (Å²) in [6.45, 7) is 3.86. The number of hydrogen-bond acceptors (Lipinski definition) is 6. The molecule has 2 amide bonds. The minimum atomic E-state index is -0.608. The fraction of sp³-hybridized carbons (Fsp3) is 0.130. The maximum absolute atomic E-state index is 12.7. The van der Waals surface area contributed by atoms with Gasteiger partial charge in [-0.15, -0.1) is 6.58 Å². The normalized spacial score (nSPS) is 14.7. The van der Waals surface area contributed by atoms with Crippen molar-refractivity contribution in [3.63, 3.8) is 0 Å². The Balaban J connectivity index is 1.91. The van der Waals surface area contributed by atoms with E-state index in [1.54, 1.807) is 36.4 Å². The molecule has 2 aromatic carbocycles. The topological polar surface area (TPSA) is 91.7 Å². The molecule has 0 unspecified atom stereocenters. The first-order valence-corrected chi connectivity index (χ1v) is 10.2. The summed E-state index contributed by atoms with van der Waals surface area (Å²) in [4.78, 5) is 26.3. The van der Waals surface area contributed by atoms with Gasteiger partial charge in [0.2, 0.25) is 0 Å². The summed E-state index contributed by atoms with van der Waals surface area (Å²) in [5.74, 6) is -0.565. The highest BCUT2D eigenvalue weighted by Gasteiger charge is 2.32. The number of thiocarbonyl (C=S) groups is 1. The minimum absolute atomic E-state index is 0.0223. The average Bonchev–Trinajstić information content (AvgIpc) is 2.78. The first kappa shape index (κ1) is 23.0. The van der Waals surface area contributed by atoms with Crippen LogP contribution in [0.2, 0.25) is 5.02 Å². The molecule has 9 heteroatoms. The van der Waals surface area contributed by atoms with Crippen LogP contribution in [0.5, 0.6) is 11.5 Å². The highest BCUT2D eigenvalue weighted by atomic mass is 35.5. The number of amides is 2. The van der Waals surface area contributed by atoms with E-state index in [4.69, 9.17) is 33.3 Å². The molecule has 0 aromatic heterocycles. The zero-order chi connectivity index (χ0) is 23.3. The van der Waals surface area contributed by atoms with Crippen molar-refractivity contribution in [1.29, 1.82) is 5.26 Å². The standard InChI is InChI=1S/C23H18ClN3O4S/c1-3-8-27-22(29)17(21(28)26-23(27)32)9-14-10-18(24)20(19(11-14)30-2)31-13-16-7-5-4-6-15(16)12-25/h3-7,9-11H,1,8,13H2,2H3,(H,26,28,32)/b17-9+. The fourth-order valence-corrected chi connectivity index (χ4v) is 3.55. The number of ether oxygens (including phenoxy) is 2. The lowest BCUT2D eigenvalue weighted by Gasteiger charge is -2.27. The van der Waals surface area contributed by atoms with E-state index >= 15 is 0 Å². The van der Waals surface area contributed by atoms with Crippen LogP contribution in [0.4, 0.5) is 0 Å². The zero-order valence-electron chi connectivity index (χ0n) is 17.1. The molecule has 0 saturated carbocycles. The van der Waals surface area contributed by atoms with Crippen LogP contribution < -0.4 is 14.8 Å². The summed E-state index contributed by atoms with van der Waals surface area (Å²) in [5, 5.41) is 12.0. The van der Waals surface area contributed by atoms with Crippen molar-refractivity contribution >= 4 is 46.8 Å². The van der Waals surface area contributed by atoms with Crippen LogP contribution in [0.1, 0.15) is 16.7 Å². The Labute approximate surface area is 195 Å². The number of rotatable bonds is 7. The van der Waals surface area contributed by atoms with Gasteiger partial charge in [-0.2, -0.15) is 5.26 Å². The molecule has 1 aliphatic heterocycles. The van der Waals surface area contributed by atoms with E-state index < -0.39 is 11.8 Å². The highest BCUT2D eigenvalue weighted by Crippen LogP contribution is 2.38. The number of nitrogens with one attached hydrogen (secondary N) is 1. The lowest BCUT2D eigenvalue weighted by Crippen LogP contribution is -2.53. The largest absolute Gasteiger partial charge is 0.493 e. The van der Waals surface area contributed by atoms with Crippen LogP contribution in [-0.2, 0) is 16.2 Å². The van der Waals surface area contributed by atoms with Gasteiger partial charge in [-0.05, 0) is 42.1 Å². The molecule has 1 fully saturated rings. The molecule has 1 saturated heterocycles. The van der Waals surface area contributed by atoms with E-state index in [1.165, 1.54) is 24.2 Å². The molecule has 0 spiro atoms. The van der Waals surface area contributed by atoms with E-state index in [0.29, 0.717) is 22.4 Å². The predicted molar refractivity (Wildman–Crippen MR) is 124 cm³/mol. The molecular weight excluding hydrogens is 450 g/mol. The minimum Gasteiger partial charge on any atom is -0.493 e. The molecule has 162 valence electrons. The molecule has 1 aliphatic rings. The van der Waals surface area contributed by atoms with Crippen molar-refractivity contribution in [3.8, 4) is 17.6 Å². The van der Waals surface area contributed by atoms with Gasteiger partial charge in [0.05, 0.1) is 23.8 Å².